The summed E-state index contributed by atoms with van der Waals surface area (Å²) in [5, 5.41) is 7.98. The number of carbonyl (C=O) groups is 1. The molecular weight excluding hydrogens is 304 g/mol. The van der Waals surface area contributed by atoms with E-state index in [4.69, 9.17) is 5.14 Å². The Labute approximate surface area is 131 Å². The molecule has 1 heterocycles. The smallest absolute Gasteiger partial charge is 0.276 e. The fourth-order valence-corrected chi connectivity index (χ4v) is 3.16. The molecule has 0 aliphatic carbocycles. The van der Waals surface area contributed by atoms with E-state index in [9.17, 15) is 13.2 Å². The highest BCUT2D eigenvalue weighted by Crippen LogP contribution is 2.16. The predicted molar refractivity (Wildman–Crippen MR) is 85.7 cm³/mol. The van der Waals surface area contributed by atoms with Crippen LogP contribution < -0.4 is 10.5 Å². The van der Waals surface area contributed by atoms with Crippen molar-refractivity contribution in [1.82, 2.24) is 9.21 Å². The highest BCUT2D eigenvalue weighted by molar-refractivity contribution is 7.86. The lowest BCUT2D eigenvalue weighted by Gasteiger charge is -2.32. The number of nitrogens with two attached hydrogens (primary N) is 1. The molecule has 8 heteroatoms. The van der Waals surface area contributed by atoms with Crippen LogP contribution in [-0.4, -0.2) is 56.3 Å². The standard InChI is InChI=1S/C14H22N4O3S/c1-11-3-4-13(12(2)9-11)16-14(19)10-17-5-7-18(8-6-17)22(15,20)21/h3-4,9H,5-8,10H2,1-2H3,(H,16,19)(H2,15,20,21). The molecule has 1 aromatic rings. The van der Waals surface area contributed by atoms with E-state index < -0.39 is 10.2 Å². The lowest BCUT2D eigenvalue weighted by atomic mass is 10.1. The summed E-state index contributed by atoms with van der Waals surface area (Å²) in [5.74, 6) is -0.101. The number of piperazine rings is 1. The Balaban J connectivity index is 1.86. The molecule has 0 radical (unpaired) electrons. The largest absolute Gasteiger partial charge is 0.325 e. The van der Waals surface area contributed by atoms with Gasteiger partial charge in [0.15, 0.2) is 0 Å². The van der Waals surface area contributed by atoms with Crippen LogP contribution in [0.25, 0.3) is 0 Å². The van der Waals surface area contributed by atoms with Gasteiger partial charge in [0.2, 0.25) is 5.91 Å². The molecule has 1 saturated heterocycles. The zero-order chi connectivity index (χ0) is 16.3. The van der Waals surface area contributed by atoms with Crippen LogP contribution >= 0.6 is 0 Å². The Morgan fingerprint density at radius 1 is 1.23 bits per heavy atom. The van der Waals surface area contributed by atoms with Gasteiger partial charge in [-0.3, -0.25) is 9.69 Å². The molecule has 7 nitrogen and oxygen atoms in total. The number of aryl methyl sites for hydroxylation is 2. The molecule has 0 atom stereocenters. The number of amides is 1. The SMILES string of the molecule is Cc1ccc(NC(=O)CN2CCN(S(N)(=O)=O)CC2)c(C)c1. The molecule has 2 rings (SSSR count). The summed E-state index contributed by atoms with van der Waals surface area (Å²) < 4.78 is 23.7. The first-order valence-corrected chi connectivity index (χ1v) is 8.63. The Kier molecular flexibility index (Phi) is 5.17. The average Bonchev–Trinajstić information content (AvgIpc) is 2.41. The van der Waals surface area contributed by atoms with Gasteiger partial charge in [-0.15, -0.1) is 0 Å². The van der Waals surface area contributed by atoms with Crippen LogP contribution in [0.15, 0.2) is 18.2 Å². The fourth-order valence-electron chi connectivity index (χ4n) is 2.49. The summed E-state index contributed by atoms with van der Waals surface area (Å²) in [7, 11) is -3.63. The molecule has 0 unspecified atom stereocenters. The second-order valence-corrected chi connectivity index (χ2v) is 7.13. The van der Waals surface area contributed by atoms with Gasteiger partial charge in [0.1, 0.15) is 0 Å². The minimum Gasteiger partial charge on any atom is -0.325 e. The first kappa shape index (κ1) is 16.9. The van der Waals surface area contributed by atoms with Crippen molar-refractivity contribution < 1.29 is 13.2 Å². The quantitative estimate of drug-likeness (QED) is 0.818. The number of benzene rings is 1. The molecule has 0 aromatic heterocycles. The van der Waals surface area contributed by atoms with Crippen molar-refractivity contribution in [1.29, 1.82) is 0 Å². The molecule has 122 valence electrons. The van der Waals surface area contributed by atoms with Gasteiger partial charge in [0.05, 0.1) is 6.54 Å². The summed E-state index contributed by atoms with van der Waals surface area (Å²) in [5.41, 5.74) is 2.97. The van der Waals surface area contributed by atoms with Gasteiger partial charge in [-0.25, -0.2) is 5.14 Å². The second kappa shape index (κ2) is 6.74. The van der Waals surface area contributed by atoms with Gasteiger partial charge in [-0.1, -0.05) is 17.7 Å². The third-order valence-electron chi connectivity index (χ3n) is 3.71. The molecule has 22 heavy (non-hydrogen) atoms. The molecular formula is C14H22N4O3S. The van der Waals surface area contributed by atoms with Crippen molar-refractivity contribution >= 4 is 21.8 Å². The zero-order valence-corrected chi connectivity index (χ0v) is 13.7. The molecule has 1 aliphatic rings. The predicted octanol–water partition coefficient (Wildman–Crippen LogP) is 0.0630. The average molecular weight is 326 g/mol. The normalized spacial score (nSPS) is 17.4. The lowest BCUT2D eigenvalue weighted by Crippen LogP contribution is -2.52. The maximum absolute atomic E-state index is 12.1. The van der Waals surface area contributed by atoms with Gasteiger partial charge < -0.3 is 5.32 Å². The fraction of sp³-hybridized carbons (Fsp3) is 0.500. The monoisotopic (exact) mass is 326 g/mol. The van der Waals surface area contributed by atoms with E-state index >= 15 is 0 Å². The highest BCUT2D eigenvalue weighted by Gasteiger charge is 2.24. The van der Waals surface area contributed by atoms with Gasteiger partial charge in [0.25, 0.3) is 10.2 Å². The first-order chi connectivity index (χ1) is 10.3. The maximum atomic E-state index is 12.1. The number of carbonyl (C=O) groups excluding carboxylic acids is 1. The Hall–Kier alpha value is -1.48. The Morgan fingerprint density at radius 3 is 2.41 bits per heavy atom. The van der Waals surface area contributed by atoms with Crippen molar-refractivity contribution in [3.8, 4) is 0 Å². The molecule has 0 saturated carbocycles. The summed E-state index contributed by atoms with van der Waals surface area (Å²) in [6.45, 7) is 5.82. The third kappa shape index (κ3) is 4.51. The van der Waals surface area contributed by atoms with E-state index in [0.717, 1.165) is 16.8 Å². The van der Waals surface area contributed by atoms with Crippen LogP contribution in [-0.2, 0) is 15.0 Å². The van der Waals surface area contributed by atoms with Gasteiger partial charge in [0, 0.05) is 31.9 Å². The molecule has 0 bridgehead atoms. The summed E-state index contributed by atoms with van der Waals surface area (Å²) in [4.78, 5) is 14.0. The molecule has 1 aromatic carbocycles. The van der Waals surface area contributed by atoms with Gasteiger partial charge >= 0.3 is 0 Å². The summed E-state index contributed by atoms with van der Waals surface area (Å²) in [6.07, 6.45) is 0. The van der Waals surface area contributed by atoms with Crippen LogP contribution in [0.5, 0.6) is 0 Å². The van der Waals surface area contributed by atoms with E-state index in [2.05, 4.69) is 5.32 Å². The van der Waals surface area contributed by atoms with E-state index in [-0.39, 0.29) is 12.5 Å². The number of anilines is 1. The van der Waals surface area contributed by atoms with Gasteiger partial charge in [-0.05, 0) is 25.5 Å². The number of hydrogen-bond acceptors (Lipinski definition) is 4. The van der Waals surface area contributed by atoms with E-state index in [1.807, 2.05) is 36.9 Å². The molecule has 1 aliphatic heterocycles. The summed E-state index contributed by atoms with van der Waals surface area (Å²) >= 11 is 0. The van der Waals surface area contributed by atoms with E-state index in [0.29, 0.717) is 26.2 Å². The highest BCUT2D eigenvalue weighted by atomic mass is 32.2. The minimum absolute atomic E-state index is 0.101. The van der Waals surface area contributed by atoms with Crippen molar-refractivity contribution in [2.24, 2.45) is 5.14 Å². The zero-order valence-electron chi connectivity index (χ0n) is 12.9. The second-order valence-electron chi connectivity index (χ2n) is 5.59. The molecule has 3 N–H and O–H groups in total. The number of nitrogens with one attached hydrogen (secondary N) is 1. The lowest BCUT2D eigenvalue weighted by molar-refractivity contribution is -0.117. The van der Waals surface area contributed by atoms with E-state index in [1.54, 1.807) is 0 Å². The number of rotatable bonds is 4. The van der Waals surface area contributed by atoms with E-state index in [1.165, 1.54) is 4.31 Å². The Bertz CT molecular complexity index is 652. The van der Waals surface area contributed by atoms with Crippen LogP contribution in [0.1, 0.15) is 11.1 Å². The van der Waals surface area contributed by atoms with Crippen LogP contribution in [0, 0.1) is 13.8 Å². The van der Waals surface area contributed by atoms with Crippen LogP contribution in [0.4, 0.5) is 5.69 Å². The molecule has 1 amide bonds. The van der Waals surface area contributed by atoms with Crippen LogP contribution in [0.3, 0.4) is 0 Å². The number of nitrogens with zero attached hydrogens (tertiary/aromatic N) is 2. The Morgan fingerprint density at radius 2 is 1.86 bits per heavy atom. The van der Waals surface area contributed by atoms with Crippen molar-refractivity contribution in [2.75, 3.05) is 38.0 Å². The van der Waals surface area contributed by atoms with Crippen LogP contribution in [0.2, 0.25) is 0 Å². The van der Waals surface area contributed by atoms with Crippen molar-refractivity contribution in [3.63, 3.8) is 0 Å². The van der Waals surface area contributed by atoms with Crippen molar-refractivity contribution in [3.05, 3.63) is 29.3 Å². The molecule has 1 fully saturated rings. The summed E-state index contributed by atoms with van der Waals surface area (Å²) in [6, 6.07) is 5.86. The maximum Gasteiger partial charge on any atom is 0.276 e. The number of hydrogen-bond donors (Lipinski definition) is 2. The van der Waals surface area contributed by atoms with Crippen molar-refractivity contribution in [2.45, 2.75) is 13.8 Å². The minimum atomic E-state index is -3.63. The van der Waals surface area contributed by atoms with Gasteiger partial charge in [-0.2, -0.15) is 12.7 Å². The molecule has 0 spiro atoms. The third-order valence-corrected chi connectivity index (χ3v) is 4.80. The first-order valence-electron chi connectivity index (χ1n) is 7.13. The topological polar surface area (TPSA) is 95.7 Å².